The maximum absolute atomic E-state index is 11.6. The molecule has 10 nitrogen and oxygen atoms in total. The minimum atomic E-state index is -1.17. The summed E-state index contributed by atoms with van der Waals surface area (Å²) in [6, 6.07) is 47.3. The lowest BCUT2D eigenvalue weighted by Gasteiger charge is -2.38. The van der Waals surface area contributed by atoms with E-state index >= 15 is 0 Å². The Balaban J connectivity index is 0.000000336. The summed E-state index contributed by atoms with van der Waals surface area (Å²) in [5, 5.41) is 0. The molecule has 1 saturated carbocycles. The lowest BCUT2D eigenvalue weighted by molar-refractivity contribution is -0.151. The molecule has 1 fully saturated rings. The van der Waals surface area contributed by atoms with Crippen molar-refractivity contribution in [2.75, 3.05) is 27.8 Å². The van der Waals surface area contributed by atoms with Gasteiger partial charge in [-0.1, -0.05) is 186 Å². The molecule has 0 aromatic heterocycles. The topological polar surface area (TPSA) is 116 Å². The van der Waals surface area contributed by atoms with Crippen molar-refractivity contribution in [2.45, 2.75) is 127 Å². The van der Waals surface area contributed by atoms with Crippen LogP contribution in [0.25, 0.3) is 11.1 Å². The zero-order chi connectivity index (χ0) is 51.3. The van der Waals surface area contributed by atoms with Crippen LogP contribution in [-0.4, -0.2) is 46.1 Å². The van der Waals surface area contributed by atoms with Crippen LogP contribution in [0.15, 0.2) is 133 Å². The number of aryl methyl sites for hydroxylation is 6. The van der Waals surface area contributed by atoms with Gasteiger partial charge in [-0.05, 0) is 123 Å². The molecule has 1 aliphatic rings. The minimum absolute atomic E-state index is 0. The summed E-state index contributed by atoms with van der Waals surface area (Å²) in [6.45, 7) is 18.5. The zero-order valence-electron chi connectivity index (χ0n) is 43.2. The van der Waals surface area contributed by atoms with Crippen LogP contribution in [0.1, 0.15) is 125 Å². The van der Waals surface area contributed by atoms with Gasteiger partial charge in [-0.15, -0.1) is 0 Å². The van der Waals surface area contributed by atoms with Gasteiger partial charge in [0.15, 0.2) is 0 Å². The number of rotatable bonds is 10. The molecule has 0 radical (unpaired) electrons. The van der Waals surface area contributed by atoms with E-state index in [-0.39, 0.29) is 25.7 Å². The van der Waals surface area contributed by atoms with E-state index in [9.17, 15) is 14.4 Å². The molecular weight excluding hydrogens is 905 g/mol. The third-order valence-corrected chi connectivity index (χ3v) is 12.0. The highest BCUT2D eigenvalue weighted by atomic mass is 16.8. The molecule has 1 aliphatic carbocycles. The smallest absolute Gasteiger partial charge is 0.497 e. The predicted octanol–water partition coefficient (Wildman–Crippen LogP) is 16.2. The van der Waals surface area contributed by atoms with Crippen LogP contribution in [0, 0.1) is 41.5 Å². The van der Waals surface area contributed by atoms with Gasteiger partial charge >= 0.3 is 18.3 Å². The summed E-state index contributed by atoms with van der Waals surface area (Å²) >= 11 is 0. The lowest BCUT2D eigenvalue weighted by Crippen LogP contribution is -2.30. The summed E-state index contributed by atoms with van der Waals surface area (Å²) in [7, 11) is 3.22. The van der Waals surface area contributed by atoms with Crippen LogP contribution < -0.4 is 14.2 Å². The first-order valence-electron chi connectivity index (χ1n) is 23.7. The van der Waals surface area contributed by atoms with Crippen LogP contribution in [0.3, 0.4) is 0 Å². The van der Waals surface area contributed by atoms with E-state index in [1.807, 2.05) is 12.1 Å². The van der Waals surface area contributed by atoms with Crippen LogP contribution >= 0.6 is 0 Å². The molecule has 0 heterocycles. The quantitative estimate of drug-likeness (QED) is 0.0746. The largest absolute Gasteiger partial charge is 0.516 e. The Morgan fingerprint density at radius 1 is 0.486 bits per heavy atom. The second-order valence-corrected chi connectivity index (χ2v) is 18.6. The number of hydrogen-bond donors (Lipinski definition) is 0. The third-order valence-electron chi connectivity index (χ3n) is 12.0. The zero-order valence-corrected chi connectivity index (χ0v) is 43.2. The van der Waals surface area contributed by atoms with E-state index < -0.39 is 31.9 Å². The summed E-state index contributed by atoms with van der Waals surface area (Å²) in [5.74, 6) is 1.25. The average Bonchev–Trinajstić information content (AvgIpc) is 3.34. The third kappa shape index (κ3) is 19.6. The molecule has 6 aromatic carbocycles. The molecular formula is C62H80O10. The van der Waals surface area contributed by atoms with E-state index in [0.717, 1.165) is 12.7 Å². The molecule has 0 aliphatic heterocycles. The molecule has 72 heavy (non-hydrogen) atoms. The molecule has 0 saturated heterocycles. The monoisotopic (exact) mass is 985 g/mol. The van der Waals surface area contributed by atoms with Crippen molar-refractivity contribution in [1.29, 1.82) is 0 Å². The highest BCUT2D eigenvalue weighted by Gasteiger charge is 2.35. The number of carbonyl (C=O) groups is 3. The highest BCUT2D eigenvalue weighted by molar-refractivity contribution is 5.67. The Morgan fingerprint density at radius 3 is 1.24 bits per heavy atom. The number of carbonyl (C=O) groups excluding carboxylic acids is 3. The van der Waals surface area contributed by atoms with Crippen LogP contribution in [0.4, 0.5) is 9.59 Å². The van der Waals surface area contributed by atoms with Crippen molar-refractivity contribution in [2.24, 2.45) is 0 Å². The van der Waals surface area contributed by atoms with Gasteiger partial charge < -0.3 is 33.2 Å². The SMILES string of the molecule is C.C.COc1cc(C)c(OC(=O)OCOC(=O)OCOC(C)=O)c(C)c1.COc1ccc(C(C)(C)C)cc1.Cc1ccc(-c2ccc(C)cc2)cc1.Cc1ccc(C2(c3ccc(C)cc3)CCCCC2)cc1. The molecule has 10 heteroatoms. The van der Waals surface area contributed by atoms with Gasteiger partial charge in [-0.2, -0.15) is 0 Å². The lowest BCUT2D eigenvalue weighted by atomic mass is 9.65. The minimum Gasteiger partial charge on any atom is -0.497 e. The molecule has 0 amide bonds. The summed E-state index contributed by atoms with van der Waals surface area (Å²) in [4.78, 5) is 33.1. The van der Waals surface area contributed by atoms with E-state index in [0.29, 0.717) is 22.6 Å². The van der Waals surface area contributed by atoms with Crippen LogP contribution in [0.5, 0.6) is 17.2 Å². The maximum atomic E-state index is 11.6. The Bertz CT molecular complexity index is 2420. The fraction of sp³-hybridized carbons (Fsp3) is 0.371. The van der Waals surface area contributed by atoms with E-state index in [1.165, 1.54) is 89.3 Å². The standard InChI is InChI=1S/C20H24.C15H18O9.C14H14.C11H16O.2CH4/c1-16-6-10-18(11-7-16)20(14-4-3-5-15-20)19-12-8-17(2)9-13-19;1-9-5-12(19-4)6-10(2)13(9)24-15(18)23-8-22-14(17)21-7-20-11(3)16;1-11-3-7-13(8-4-11)14-9-5-12(2)6-10-14;1-11(2,3)9-5-7-10(12-4)8-6-9;;/h6-13H,3-5,14-15H2,1-2H3;5-6H,7-8H2,1-4H3;3-10H,1-2H3;5-8H,1-4H3;2*1H4. The van der Waals surface area contributed by atoms with Gasteiger partial charge in [0.05, 0.1) is 14.2 Å². The summed E-state index contributed by atoms with van der Waals surface area (Å²) in [5.41, 5.74) is 14.1. The van der Waals surface area contributed by atoms with Gasteiger partial charge in [-0.25, -0.2) is 9.59 Å². The number of methoxy groups -OCH3 is 2. The van der Waals surface area contributed by atoms with Gasteiger partial charge in [0.2, 0.25) is 13.6 Å². The van der Waals surface area contributed by atoms with Crippen molar-refractivity contribution in [3.63, 3.8) is 0 Å². The molecule has 6 aromatic rings. The second kappa shape index (κ2) is 30.0. The van der Waals surface area contributed by atoms with Crippen molar-refractivity contribution in [3.05, 3.63) is 184 Å². The number of esters is 1. The number of benzene rings is 6. The molecule has 0 spiro atoms. The van der Waals surface area contributed by atoms with Crippen molar-refractivity contribution < 1.29 is 47.5 Å². The molecule has 7 rings (SSSR count). The predicted molar refractivity (Wildman–Crippen MR) is 291 cm³/mol. The first-order valence-corrected chi connectivity index (χ1v) is 23.7. The Morgan fingerprint density at radius 2 is 0.861 bits per heavy atom. The van der Waals surface area contributed by atoms with Gasteiger partial charge in [0.25, 0.3) is 0 Å². The highest BCUT2D eigenvalue weighted by Crippen LogP contribution is 2.45. The maximum Gasteiger partial charge on any atom is 0.516 e. The van der Waals surface area contributed by atoms with Gasteiger partial charge in [-0.3, -0.25) is 4.79 Å². The summed E-state index contributed by atoms with van der Waals surface area (Å²) < 4.78 is 33.0. The first kappa shape index (κ1) is 61.1. The van der Waals surface area contributed by atoms with Crippen LogP contribution in [-0.2, 0) is 34.6 Å². The van der Waals surface area contributed by atoms with E-state index in [4.69, 9.17) is 14.2 Å². The molecule has 388 valence electrons. The van der Waals surface area contributed by atoms with Crippen molar-refractivity contribution >= 4 is 18.3 Å². The normalized spacial score (nSPS) is 12.1. The average molecular weight is 985 g/mol. The van der Waals surface area contributed by atoms with Gasteiger partial charge in [0.1, 0.15) is 17.2 Å². The fourth-order valence-electron chi connectivity index (χ4n) is 7.86. The summed E-state index contributed by atoms with van der Waals surface area (Å²) in [6.07, 6.45) is 4.45. The Hall–Kier alpha value is -7.07. The second-order valence-electron chi connectivity index (χ2n) is 18.6. The number of ether oxygens (including phenoxy) is 7. The number of hydrogen-bond acceptors (Lipinski definition) is 10. The van der Waals surface area contributed by atoms with Crippen molar-refractivity contribution in [1.82, 2.24) is 0 Å². The molecule has 0 bridgehead atoms. The molecule has 0 unspecified atom stereocenters. The molecule has 0 N–H and O–H groups in total. The Kier molecular flexibility index (Phi) is 25.4. The first-order chi connectivity index (χ1) is 33.3. The fourth-order valence-corrected chi connectivity index (χ4v) is 7.86. The molecule has 0 atom stereocenters. The van der Waals surface area contributed by atoms with Gasteiger partial charge in [0, 0.05) is 12.3 Å². The van der Waals surface area contributed by atoms with E-state index in [2.05, 4.69) is 177 Å². The van der Waals surface area contributed by atoms with E-state index in [1.54, 1.807) is 33.1 Å². The van der Waals surface area contributed by atoms with Crippen LogP contribution in [0.2, 0.25) is 0 Å². The van der Waals surface area contributed by atoms with Crippen molar-refractivity contribution in [3.8, 4) is 28.4 Å². The Labute approximate surface area is 431 Å².